The number of aryl methyl sites for hydroxylation is 2. The van der Waals surface area contributed by atoms with Gasteiger partial charge in [0.05, 0.1) is 17.1 Å². The summed E-state index contributed by atoms with van der Waals surface area (Å²) in [6.45, 7) is 7.68. The van der Waals surface area contributed by atoms with Gasteiger partial charge in [0.2, 0.25) is 0 Å². The summed E-state index contributed by atoms with van der Waals surface area (Å²) in [5, 5.41) is 8.95. The molecular formula is C30H34N4O2. The molecule has 4 aromatic rings. The Morgan fingerprint density at radius 3 is 2.17 bits per heavy atom. The van der Waals surface area contributed by atoms with Crippen molar-refractivity contribution in [1.82, 2.24) is 19.4 Å². The topological polar surface area (TPSA) is 61.6 Å². The molecule has 6 nitrogen and oxygen atoms in total. The second-order valence-corrected chi connectivity index (χ2v) is 9.67. The van der Waals surface area contributed by atoms with E-state index in [1.165, 1.54) is 16.7 Å². The van der Waals surface area contributed by atoms with Crippen molar-refractivity contribution in [3.63, 3.8) is 0 Å². The fraction of sp³-hybridized carbons (Fsp3) is 0.333. The Labute approximate surface area is 212 Å². The average Bonchev–Trinajstić information content (AvgIpc) is 3.20. The van der Waals surface area contributed by atoms with E-state index in [1.54, 1.807) is 0 Å². The summed E-state index contributed by atoms with van der Waals surface area (Å²) in [6, 6.07) is 28.5. The van der Waals surface area contributed by atoms with Crippen LogP contribution in [0.5, 0.6) is 0 Å². The number of carboxylic acids is 1. The minimum absolute atomic E-state index is 0.179. The van der Waals surface area contributed by atoms with Gasteiger partial charge in [-0.25, -0.2) is 4.98 Å². The number of carbonyl (C=O) groups is 1. The molecule has 2 heterocycles. The van der Waals surface area contributed by atoms with Gasteiger partial charge in [0.1, 0.15) is 5.82 Å². The average molecular weight is 483 g/mol. The molecule has 0 amide bonds. The maximum atomic E-state index is 10.9. The molecule has 0 aliphatic carbocycles. The first-order chi connectivity index (χ1) is 17.6. The number of hydrogen-bond acceptors (Lipinski definition) is 4. The molecule has 0 bridgehead atoms. The Balaban J connectivity index is 1.25. The van der Waals surface area contributed by atoms with Crippen molar-refractivity contribution < 1.29 is 9.90 Å². The number of carboxylic acid groups (broad SMARTS) is 1. The summed E-state index contributed by atoms with van der Waals surface area (Å²) in [4.78, 5) is 20.8. The van der Waals surface area contributed by atoms with E-state index < -0.39 is 5.97 Å². The van der Waals surface area contributed by atoms with Crippen molar-refractivity contribution in [2.24, 2.45) is 0 Å². The number of benzene rings is 3. The van der Waals surface area contributed by atoms with E-state index in [0.717, 1.165) is 49.6 Å². The van der Waals surface area contributed by atoms with Gasteiger partial charge in [-0.1, -0.05) is 66.7 Å². The van der Waals surface area contributed by atoms with Gasteiger partial charge < -0.3 is 9.67 Å². The molecule has 6 heteroatoms. The smallest absolute Gasteiger partial charge is 0.303 e. The predicted molar refractivity (Wildman–Crippen MR) is 143 cm³/mol. The fourth-order valence-electron chi connectivity index (χ4n) is 5.39. The number of piperazine rings is 1. The predicted octanol–water partition coefficient (Wildman–Crippen LogP) is 5.12. The summed E-state index contributed by atoms with van der Waals surface area (Å²) < 4.78 is 2.13. The summed E-state index contributed by atoms with van der Waals surface area (Å²) in [5.41, 5.74) is 6.04. The Hall–Kier alpha value is -3.48. The van der Waals surface area contributed by atoms with Crippen molar-refractivity contribution in [1.29, 1.82) is 0 Å². The van der Waals surface area contributed by atoms with Crippen molar-refractivity contribution in [2.75, 3.05) is 26.2 Å². The van der Waals surface area contributed by atoms with Crippen LogP contribution in [0.15, 0.2) is 78.9 Å². The molecule has 0 atom stereocenters. The molecule has 0 radical (unpaired) electrons. The van der Waals surface area contributed by atoms with E-state index in [9.17, 15) is 4.79 Å². The number of rotatable bonds is 9. The number of fused-ring (bicyclic) bond motifs is 1. The van der Waals surface area contributed by atoms with Crippen LogP contribution < -0.4 is 0 Å². The van der Waals surface area contributed by atoms with E-state index >= 15 is 0 Å². The highest BCUT2D eigenvalue weighted by atomic mass is 16.4. The van der Waals surface area contributed by atoms with Gasteiger partial charge in [-0.15, -0.1) is 0 Å². The third-order valence-corrected chi connectivity index (χ3v) is 7.18. The molecular weight excluding hydrogens is 448 g/mol. The number of aromatic nitrogens is 2. The van der Waals surface area contributed by atoms with E-state index in [2.05, 4.69) is 93.2 Å². The molecule has 1 aliphatic heterocycles. The number of hydrogen-bond donors (Lipinski definition) is 1. The lowest BCUT2D eigenvalue weighted by atomic mass is 9.96. The van der Waals surface area contributed by atoms with Gasteiger partial charge in [0.25, 0.3) is 0 Å². The van der Waals surface area contributed by atoms with E-state index in [1.807, 2.05) is 6.92 Å². The molecule has 1 aromatic heterocycles. The monoisotopic (exact) mass is 482 g/mol. The Kier molecular flexibility index (Phi) is 7.44. The molecule has 0 unspecified atom stereocenters. The van der Waals surface area contributed by atoms with Crippen LogP contribution in [0.4, 0.5) is 0 Å². The lowest BCUT2D eigenvalue weighted by Gasteiger charge is -2.39. The summed E-state index contributed by atoms with van der Waals surface area (Å²) in [6.07, 6.45) is 0.791. The first-order valence-corrected chi connectivity index (χ1v) is 12.8. The lowest BCUT2D eigenvalue weighted by molar-refractivity contribution is -0.137. The van der Waals surface area contributed by atoms with E-state index in [-0.39, 0.29) is 12.5 Å². The van der Waals surface area contributed by atoms with Gasteiger partial charge >= 0.3 is 5.97 Å². The van der Waals surface area contributed by atoms with Gasteiger partial charge in [-0.05, 0) is 42.2 Å². The van der Waals surface area contributed by atoms with Crippen LogP contribution in [0.25, 0.3) is 11.0 Å². The maximum Gasteiger partial charge on any atom is 0.303 e. The second-order valence-electron chi connectivity index (χ2n) is 9.67. The number of nitrogens with zero attached hydrogens (tertiary/aromatic N) is 4. The third kappa shape index (κ3) is 5.50. The largest absolute Gasteiger partial charge is 0.481 e. The van der Waals surface area contributed by atoms with Crippen LogP contribution in [-0.2, 0) is 17.9 Å². The summed E-state index contributed by atoms with van der Waals surface area (Å²) >= 11 is 0. The standard InChI is InChI=1S/C30H34N4O2/c1-23-31-27-21-24(14-15-28(27)34(23)16-8-13-29(35)36)22-32-17-19-33(20-18-32)30(25-9-4-2-5-10-25)26-11-6-3-7-12-26/h2-7,9-12,14-15,21,30H,8,13,16-20,22H2,1H3,(H,35,36). The quantitative estimate of drug-likeness (QED) is 0.359. The molecule has 3 aromatic carbocycles. The third-order valence-electron chi connectivity index (χ3n) is 7.18. The molecule has 1 aliphatic rings. The lowest BCUT2D eigenvalue weighted by Crippen LogP contribution is -2.47. The van der Waals surface area contributed by atoms with Crippen molar-refractivity contribution >= 4 is 17.0 Å². The highest BCUT2D eigenvalue weighted by Crippen LogP contribution is 2.30. The summed E-state index contributed by atoms with van der Waals surface area (Å²) in [7, 11) is 0. The first kappa shape index (κ1) is 24.2. The molecule has 186 valence electrons. The van der Waals surface area contributed by atoms with Crippen LogP contribution in [0.3, 0.4) is 0 Å². The normalized spacial score (nSPS) is 15.1. The van der Waals surface area contributed by atoms with Crippen LogP contribution in [0.1, 0.15) is 41.4 Å². The van der Waals surface area contributed by atoms with Gasteiger partial charge in [0, 0.05) is 45.7 Å². The van der Waals surface area contributed by atoms with Gasteiger partial charge in [0.15, 0.2) is 0 Å². The highest BCUT2D eigenvalue weighted by Gasteiger charge is 2.26. The highest BCUT2D eigenvalue weighted by molar-refractivity contribution is 5.77. The zero-order valence-corrected chi connectivity index (χ0v) is 20.9. The van der Waals surface area contributed by atoms with Crippen molar-refractivity contribution in [2.45, 2.75) is 38.9 Å². The molecule has 1 saturated heterocycles. The number of aliphatic carboxylic acids is 1. The molecule has 0 spiro atoms. The van der Waals surface area contributed by atoms with E-state index in [0.29, 0.717) is 13.0 Å². The number of imidazole rings is 1. The Morgan fingerprint density at radius 1 is 0.917 bits per heavy atom. The molecule has 5 rings (SSSR count). The van der Waals surface area contributed by atoms with Crippen LogP contribution in [0, 0.1) is 6.92 Å². The molecule has 1 fully saturated rings. The Morgan fingerprint density at radius 2 is 1.56 bits per heavy atom. The van der Waals surface area contributed by atoms with Crippen LogP contribution in [0.2, 0.25) is 0 Å². The van der Waals surface area contributed by atoms with E-state index in [4.69, 9.17) is 10.1 Å². The van der Waals surface area contributed by atoms with Gasteiger partial charge in [-0.3, -0.25) is 14.6 Å². The van der Waals surface area contributed by atoms with Crippen molar-refractivity contribution in [3.8, 4) is 0 Å². The maximum absolute atomic E-state index is 10.9. The SMILES string of the molecule is Cc1nc2cc(CN3CCN(C(c4ccccc4)c4ccccc4)CC3)ccc2n1CCCC(=O)O. The second kappa shape index (κ2) is 11.1. The van der Waals surface area contributed by atoms with Crippen LogP contribution >= 0.6 is 0 Å². The molecule has 1 N–H and O–H groups in total. The zero-order valence-electron chi connectivity index (χ0n) is 20.9. The first-order valence-electron chi connectivity index (χ1n) is 12.8. The van der Waals surface area contributed by atoms with Crippen LogP contribution in [-0.4, -0.2) is 56.6 Å². The zero-order chi connectivity index (χ0) is 24.9. The molecule has 36 heavy (non-hydrogen) atoms. The van der Waals surface area contributed by atoms with Crippen molar-refractivity contribution in [3.05, 3.63) is 101 Å². The van der Waals surface area contributed by atoms with Gasteiger partial charge in [-0.2, -0.15) is 0 Å². The fourth-order valence-corrected chi connectivity index (χ4v) is 5.39. The molecule has 0 saturated carbocycles. The summed E-state index contributed by atoms with van der Waals surface area (Å²) in [5.74, 6) is 0.187. The minimum atomic E-state index is -0.752. The Bertz CT molecular complexity index is 1260. The minimum Gasteiger partial charge on any atom is -0.481 e.